The molecule has 0 aliphatic heterocycles. The molecule has 23 heavy (non-hydrogen) atoms. The average molecular weight is 316 g/mol. The number of fused-ring (bicyclic) bond motifs is 1. The summed E-state index contributed by atoms with van der Waals surface area (Å²) < 4.78 is 7.40. The van der Waals surface area contributed by atoms with Crippen LogP contribution in [-0.4, -0.2) is 51.5 Å². The van der Waals surface area contributed by atoms with Crippen molar-refractivity contribution in [2.24, 2.45) is 5.41 Å². The normalized spacial score (nSPS) is 22.8. The average Bonchev–Trinajstić information content (AvgIpc) is 2.99. The van der Waals surface area contributed by atoms with Crippen molar-refractivity contribution in [1.29, 1.82) is 0 Å². The number of nitrogens with zero attached hydrogens (tertiary/aromatic N) is 4. The zero-order chi connectivity index (χ0) is 16.6. The van der Waals surface area contributed by atoms with E-state index in [9.17, 15) is 4.79 Å². The van der Waals surface area contributed by atoms with Gasteiger partial charge in [0.05, 0.1) is 6.10 Å². The molecule has 124 valence electrons. The predicted molar refractivity (Wildman–Crippen MR) is 87.3 cm³/mol. The maximum atomic E-state index is 12.8. The minimum Gasteiger partial charge on any atom is -0.381 e. The van der Waals surface area contributed by atoms with Crippen LogP contribution >= 0.6 is 0 Å². The van der Waals surface area contributed by atoms with E-state index < -0.39 is 0 Å². The topological polar surface area (TPSA) is 59.7 Å². The Balaban J connectivity index is 1.85. The molecule has 0 saturated heterocycles. The Labute approximate surface area is 136 Å². The largest absolute Gasteiger partial charge is 0.381 e. The Morgan fingerprint density at radius 3 is 2.83 bits per heavy atom. The standard InChI is InChI=1S/C17H24N4O2/c1-5-17(6-2)13(10-14(17)23-4)20(3)15(22)12-11-21-9-7-8-18-16(21)19-12/h7-9,11,13-14H,5-6,10H2,1-4H3/t13-,14+/m0/s1. The molecule has 1 aliphatic rings. The van der Waals surface area contributed by atoms with Gasteiger partial charge in [-0.3, -0.25) is 9.20 Å². The van der Waals surface area contributed by atoms with E-state index in [4.69, 9.17) is 4.74 Å². The molecule has 6 heteroatoms. The SMILES string of the molecule is CCC1(CC)[C@@H](N(C)C(=O)c2cn3cccnc3n2)C[C@H]1OC. The number of rotatable bonds is 5. The first kappa shape index (κ1) is 15.9. The van der Waals surface area contributed by atoms with Crippen LogP contribution in [0.2, 0.25) is 0 Å². The Morgan fingerprint density at radius 1 is 1.48 bits per heavy atom. The van der Waals surface area contributed by atoms with Gasteiger partial charge >= 0.3 is 0 Å². The van der Waals surface area contributed by atoms with E-state index in [1.807, 2.05) is 24.2 Å². The second-order valence-electron chi connectivity index (χ2n) is 6.29. The van der Waals surface area contributed by atoms with E-state index in [2.05, 4.69) is 23.8 Å². The van der Waals surface area contributed by atoms with Gasteiger partial charge < -0.3 is 9.64 Å². The first-order valence-electron chi connectivity index (χ1n) is 8.17. The van der Waals surface area contributed by atoms with Crippen LogP contribution in [-0.2, 0) is 4.74 Å². The predicted octanol–water partition coefficient (Wildman–Crippen LogP) is 2.40. The molecule has 2 heterocycles. The summed E-state index contributed by atoms with van der Waals surface area (Å²) in [7, 11) is 3.63. The molecule has 2 aromatic heterocycles. The summed E-state index contributed by atoms with van der Waals surface area (Å²) >= 11 is 0. The van der Waals surface area contributed by atoms with Crippen LogP contribution in [0.3, 0.4) is 0 Å². The van der Waals surface area contributed by atoms with Crippen molar-refractivity contribution >= 4 is 11.7 Å². The summed E-state index contributed by atoms with van der Waals surface area (Å²) in [5.41, 5.74) is 0.476. The zero-order valence-corrected chi connectivity index (χ0v) is 14.2. The fourth-order valence-corrected chi connectivity index (χ4v) is 4.03. The minimum atomic E-state index is -0.0543. The van der Waals surface area contributed by atoms with Gasteiger partial charge in [-0.1, -0.05) is 13.8 Å². The summed E-state index contributed by atoms with van der Waals surface area (Å²) in [6.07, 6.45) is 8.36. The summed E-state index contributed by atoms with van der Waals surface area (Å²) in [5, 5.41) is 0. The molecule has 3 rings (SSSR count). The second kappa shape index (κ2) is 5.92. The molecular formula is C17H24N4O2. The van der Waals surface area contributed by atoms with E-state index in [1.165, 1.54) is 0 Å². The minimum absolute atomic E-state index is 0.0383. The Bertz CT molecular complexity index is 674. The third-order valence-corrected chi connectivity index (χ3v) is 5.59. The number of methoxy groups -OCH3 is 1. The third kappa shape index (κ3) is 2.32. The number of hydrogen-bond donors (Lipinski definition) is 0. The number of imidazole rings is 1. The second-order valence-corrected chi connectivity index (χ2v) is 6.29. The highest BCUT2D eigenvalue weighted by molar-refractivity contribution is 5.93. The van der Waals surface area contributed by atoms with Gasteiger partial charge in [0, 0.05) is 44.2 Å². The zero-order valence-electron chi connectivity index (χ0n) is 14.2. The van der Waals surface area contributed by atoms with Crippen molar-refractivity contribution in [3.8, 4) is 0 Å². The van der Waals surface area contributed by atoms with Gasteiger partial charge in [0.25, 0.3) is 5.91 Å². The fourth-order valence-electron chi connectivity index (χ4n) is 4.03. The van der Waals surface area contributed by atoms with Crippen molar-refractivity contribution in [2.45, 2.75) is 45.3 Å². The van der Waals surface area contributed by atoms with Gasteiger partial charge in [-0.25, -0.2) is 9.97 Å². The number of aromatic nitrogens is 3. The monoisotopic (exact) mass is 316 g/mol. The van der Waals surface area contributed by atoms with E-state index in [-0.39, 0.29) is 23.5 Å². The van der Waals surface area contributed by atoms with Crippen molar-refractivity contribution in [3.63, 3.8) is 0 Å². The van der Waals surface area contributed by atoms with Gasteiger partial charge in [-0.2, -0.15) is 0 Å². The molecule has 1 amide bonds. The molecule has 0 radical (unpaired) electrons. The maximum absolute atomic E-state index is 12.8. The van der Waals surface area contributed by atoms with Crippen LogP contribution in [0.4, 0.5) is 0 Å². The highest BCUT2D eigenvalue weighted by Crippen LogP contribution is 2.51. The van der Waals surface area contributed by atoms with Gasteiger partial charge in [-0.15, -0.1) is 0 Å². The third-order valence-electron chi connectivity index (χ3n) is 5.59. The summed E-state index contributed by atoms with van der Waals surface area (Å²) in [6, 6.07) is 2.01. The van der Waals surface area contributed by atoms with E-state index in [0.717, 1.165) is 19.3 Å². The summed E-state index contributed by atoms with van der Waals surface area (Å²) in [4.78, 5) is 23.2. The van der Waals surface area contributed by atoms with Gasteiger partial charge in [-0.05, 0) is 25.3 Å². The number of ether oxygens (including phenoxy) is 1. The molecular weight excluding hydrogens is 292 g/mol. The maximum Gasteiger partial charge on any atom is 0.274 e. The quantitative estimate of drug-likeness (QED) is 0.850. The van der Waals surface area contributed by atoms with Crippen molar-refractivity contribution < 1.29 is 9.53 Å². The van der Waals surface area contributed by atoms with E-state index >= 15 is 0 Å². The Kier molecular flexibility index (Phi) is 4.10. The molecule has 1 fully saturated rings. The molecule has 0 spiro atoms. The Hall–Kier alpha value is -1.95. The van der Waals surface area contributed by atoms with Crippen LogP contribution in [0.25, 0.3) is 5.78 Å². The molecule has 1 aliphatic carbocycles. The van der Waals surface area contributed by atoms with Crippen molar-refractivity contribution in [2.75, 3.05) is 14.2 Å². The first-order chi connectivity index (χ1) is 11.1. The number of amides is 1. The molecule has 2 aromatic rings. The van der Waals surface area contributed by atoms with Crippen molar-refractivity contribution in [3.05, 3.63) is 30.4 Å². The lowest BCUT2D eigenvalue weighted by molar-refractivity contribution is -0.147. The van der Waals surface area contributed by atoms with Crippen LogP contribution in [0.15, 0.2) is 24.7 Å². The fraction of sp³-hybridized carbons (Fsp3) is 0.588. The van der Waals surface area contributed by atoms with Crippen LogP contribution in [0, 0.1) is 5.41 Å². The summed E-state index contributed by atoms with van der Waals surface area (Å²) in [6.45, 7) is 4.35. The van der Waals surface area contributed by atoms with E-state index in [1.54, 1.807) is 23.9 Å². The highest BCUT2D eigenvalue weighted by atomic mass is 16.5. The first-order valence-corrected chi connectivity index (χ1v) is 8.17. The van der Waals surface area contributed by atoms with Gasteiger partial charge in [0.1, 0.15) is 5.69 Å². The van der Waals surface area contributed by atoms with Crippen LogP contribution < -0.4 is 0 Å². The van der Waals surface area contributed by atoms with E-state index in [0.29, 0.717) is 11.5 Å². The lowest BCUT2D eigenvalue weighted by Crippen LogP contribution is -2.64. The molecule has 0 aromatic carbocycles. The van der Waals surface area contributed by atoms with Crippen LogP contribution in [0.5, 0.6) is 0 Å². The molecule has 2 atom stereocenters. The molecule has 6 nitrogen and oxygen atoms in total. The smallest absolute Gasteiger partial charge is 0.274 e. The molecule has 0 N–H and O–H groups in total. The highest BCUT2D eigenvalue weighted by Gasteiger charge is 2.55. The number of carbonyl (C=O) groups excluding carboxylic acids is 1. The van der Waals surface area contributed by atoms with Crippen molar-refractivity contribution in [1.82, 2.24) is 19.3 Å². The Morgan fingerprint density at radius 2 is 2.22 bits per heavy atom. The molecule has 1 saturated carbocycles. The van der Waals surface area contributed by atoms with Crippen LogP contribution in [0.1, 0.15) is 43.6 Å². The summed E-state index contributed by atoms with van der Waals surface area (Å²) in [5.74, 6) is 0.492. The van der Waals surface area contributed by atoms with Gasteiger partial charge in [0.2, 0.25) is 5.78 Å². The lowest BCUT2D eigenvalue weighted by atomic mass is 9.58. The number of carbonyl (C=O) groups is 1. The lowest BCUT2D eigenvalue weighted by Gasteiger charge is -2.57. The molecule has 0 unspecified atom stereocenters. The van der Waals surface area contributed by atoms with Gasteiger partial charge in [0.15, 0.2) is 0 Å². The number of hydrogen-bond acceptors (Lipinski definition) is 4. The molecule has 0 bridgehead atoms.